The Balaban J connectivity index is 1.83. The van der Waals surface area contributed by atoms with E-state index in [0.717, 1.165) is 30.8 Å². The van der Waals surface area contributed by atoms with Gasteiger partial charge in [0.15, 0.2) is 0 Å². The lowest BCUT2D eigenvalue weighted by molar-refractivity contribution is 0.317. The van der Waals surface area contributed by atoms with Crippen LogP contribution in [-0.2, 0) is 13.0 Å². The fourth-order valence-electron chi connectivity index (χ4n) is 2.49. The summed E-state index contributed by atoms with van der Waals surface area (Å²) in [5.74, 6) is -0.240. The van der Waals surface area contributed by atoms with Crippen LogP contribution in [0.25, 0.3) is 0 Å². The maximum Gasteiger partial charge on any atom is 0.129 e. The minimum absolute atomic E-state index is 0.240. The summed E-state index contributed by atoms with van der Waals surface area (Å²) in [5, 5.41) is 7.64. The standard InChI is InChI=1S/C16H21ClFN3/c1-11-15(12(2)20-19-11)5-4-8-21(3)10-13-6-7-14(17)9-16(13)18/h6-7,9H,4-5,8,10H2,1-3H3,(H,19,20). The van der Waals surface area contributed by atoms with Gasteiger partial charge in [0.1, 0.15) is 5.82 Å². The van der Waals surface area contributed by atoms with Gasteiger partial charge in [0.2, 0.25) is 0 Å². The molecule has 0 atom stereocenters. The van der Waals surface area contributed by atoms with Crippen molar-refractivity contribution in [3.05, 3.63) is 51.6 Å². The summed E-state index contributed by atoms with van der Waals surface area (Å²) in [4.78, 5) is 2.12. The van der Waals surface area contributed by atoms with Crippen LogP contribution >= 0.6 is 11.6 Å². The van der Waals surface area contributed by atoms with Crippen molar-refractivity contribution < 1.29 is 4.39 Å². The van der Waals surface area contributed by atoms with Crippen molar-refractivity contribution in [1.29, 1.82) is 0 Å². The van der Waals surface area contributed by atoms with Crippen molar-refractivity contribution in [2.45, 2.75) is 33.2 Å². The highest BCUT2D eigenvalue weighted by Crippen LogP contribution is 2.16. The molecule has 0 saturated heterocycles. The number of halogens is 2. The highest BCUT2D eigenvalue weighted by atomic mass is 35.5. The van der Waals surface area contributed by atoms with Crippen LogP contribution in [0.1, 0.15) is 28.9 Å². The molecule has 0 amide bonds. The summed E-state index contributed by atoms with van der Waals surface area (Å²) in [5.41, 5.74) is 4.18. The van der Waals surface area contributed by atoms with Crippen LogP contribution in [0.2, 0.25) is 5.02 Å². The number of nitrogens with one attached hydrogen (secondary N) is 1. The van der Waals surface area contributed by atoms with E-state index >= 15 is 0 Å². The summed E-state index contributed by atoms with van der Waals surface area (Å²) in [6.07, 6.45) is 2.01. The molecule has 21 heavy (non-hydrogen) atoms. The molecule has 3 nitrogen and oxygen atoms in total. The van der Waals surface area contributed by atoms with Gasteiger partial charge in [0.05, 0.1) is 5.69 Å². The second-order valence-electron chi connectivity index (χ2n) is 5.49. The molecule has 1 heterocycles. The van der Waals surface area contributed by atoms with Crippen LogP contribution in [0.15, 0.2) is 18.2 Å². The summed E-state index contributed by atoms with van der Waals surface area (Å²) in [6.45, 7) is 5.56. The molecule has 114 valence electrons. The Morgan fingerprint density at radius 3 is 2.71 bits per heavy atom. The molecule has 1 aromatic heterocycles. The molecule has 2 rings (SSSR count). The number of hydrogen-bond acceptors (Lipinski definition) is 2. The van der Waals surface area contributed by atoms with Crippen LogP contribution in [0, 0.1) is 19.7 Å². The topological polar surface area (TPSA) is 31.9 Å². The predicted octanol–water partition coefficient (Wildman–Crippen LogP) is 3.88. The Morgan fingerprint density at radius 2 is 2.10 bits per heavy atom. The lowest BCUT2D eigenvalue weighted by Gasteiger charge is -2.17. The smallest absolute Gasteiger partial charge is 0.129 e. The molecule has 0 aliphatic heterocycles. The Hall–Kier alpha value is -1.39. The number of hydrogen-bond donors (Lipinski definition) is 1. The van der Waals surface area contributed by atoms with Crippen molar-refractivity contribution in [2.75, 3.05) is 13.6 Å². The summed E-state index contributed by atoms with van der Waals surface area (Å²) in [6, 6.07) is 4.84. The second kappa shape index (κ2) is 7.05. The number of aromatic nitrogens is 2. The lowest BCUT2D eigenvalue weighted by atomic mass is 10.1. The molecule has 1 N–H and O–H groups in total. The van der Waals surface area contributed by atoms with Gasteiger partial charge in [0.25, 0.3) is 0 Å². The van der Waals surface area contributed by atoms with Crippen molar-refractivity contribution in [3.8, 4) is 0 Å². The number of rotatable bonds is 6. The Labute approximate surface area is 130 Å². The third-order valence-corrected chi connectivity index (χ3v) is 3.94. The normalized spacial score (nSPS) is 11.3. The van der Waals surface area contributed by atoms with Gasteiger partial charge in [0, 0.05) is 22.8 Å². The van der Waals surface area contributed by atoms with Gasteiger partial charge in [-0.1, -0.05) is 17.7 Å². The third kappa shape index (κ3) is 4.29. The van der Waals surface area contributed by atoms with Gasteiger partial charge < -0.3 is 4.90 Å². The van der Waals surface area contributed by atoms with E-state index < -0.39 is 0 Å². The van der Waals surface area contributed by atoms with Gasteiger partial charge in [-0.2, -0.15) is 5.10 Å². The maximum absolute atomic E-state index is 13.7. The number of aromatic amines is 1. The van der Waals surface area contributed by atoms with Gasteiger partial charge in [-0.05, 0) is 58.0 Å². The zero-order valence-electron chi connectivity index (χ0n) is 12.7. The average molecular weight is 310 g/mol. The maximum atomic E-state index is 13.7. The van der Waals surface area contributed by atoms with E-state index in [0.29, 0.717) is 17.1 Å². The van der Waals surface area contributed by atoms with Crippen molar-refractivity contribution >= 4 is 11.6 Å². The van der Waals surface area contributed by atoms with E-state index in [-0.39, 0.29) is 5.82 Å². The second-order valence-corrected chi connectivity index (χ2v) is 5.93. The first-order valence-electron chi connectivity index (χ1n) is 7.10. The van der Waals surface area contributed by atoms with Crippen LogP contribution in [0.4, 0.5) is 4.39 Å². The monoisotopic (exact) mass is 309 g/mol. The van der Waals surface area contributed by atoms with Gasteiger partial charge >= 0.3 is 0 Å². The quantitative estimate of drug-likeness (QED) is 0.878. The largest absolute Gasteiger partial charge is 0.302 e. The minimum Gasteiger partial charge on any atom is -0.302 e. The molecule has 0 saturated carbocycles. The Kier molecular flexibility index (Phi) is 5.37. The van der Waals surface area contributed by atoms with Gasteiger partial charge in [-0.25, -0.2) is 4.39 Å². The Bertz CT molecular complexity index is 590. The van der Waals surface area contributed by atoms with E-state index in [2.05, 4.69) is 15.1 Å². The number of aryl methyl sites for hydroxylation is 2. The molecule has 0 spiro atoms. The molecule has 0 bridgehead atoms. The van der Waals surface area contributed by atoms with Crippen molar-refractivity contribution in [1.82, 2.24) is 15.1 Å². The molecule has 0 unspecified atom stereocenters. The number of nitrogens with zero attached hydrogens (tertiary/aromatic N) is 2. The molecule has 1 aromatic carbocycles. The molecule has 0 fully saturated rings. The number of H-pyrrole nitrogens is 1. The SMILES string of the molecule is Cc1n[nH]c(C)c1CCCN(C)Cc1ccc(Cl)cc1F. The zero-order valence-corrected chi connectivity index (χ0v) is 13.5. The molecule has 0 aliphatic carbocycles. The minimum atomic E-state index is -0.240. The van der Waals surface area contributed by atoms with E-state index in [4.69, 9.17) is 11.6 Å². The summed E-state index contributed by atoms with van der Waals surface area (Å²) >= 11 is 5.76. The first kappa shape index (κ1) is 16.0. The molecular formula is C16H21ClFN3. The van der Waals surface area contributed by atoms with Crippen molar-refractivity contribution in [3.63, 3.8) is 0 Å². The fraction of sp³-hybridized carbons (Fsp3) is 0.438. The van der Waals surface area contributed by atoms with E-state index in [1.54, 1.807) is 12.1 Å². The molecule has 5 heteroatoms. The fourth-order valence-corrected chi connectivity index (χ4v) is 2.65. The van der Waals surface area contributed by atoms with Crippen LogP contribution in [0.5, 0.6) is 0 Å². The third-order valence-electron chi connectivity index (χ3n) is 3.70. The molecular weight excluding hydrogens is 289 g/mol. The van der Waals surface area contributed by atoms with Crippen LogP contribution in [-0.4, -0.2) is 28.7 Å². The average Bonchev–Trinajstić information content (AvgIpc) is 2.74. The van der Waals surface area contributed by atoms with E-state index in [1.807, 2.05) is 20.9 Å². The first-order valence-corrected chi connectivity index (χ1v) is 7.48. The highest BCUT2D eigenvalue weighted by Gasteiger charge is 2.09. The van der Waals surface area contributed by atoms with Crippen LogP contribution < -0.4 is 0 Å². The number of benzene rings is 1. The zero-order chi connectivity index (χ0) is 15.4. The van der Waals surface area contributed by atoms with Gasteiger partial charge in [-0.15, -0.1) is 0 Å². The molecule has 0 radical (unpaired) electrons. The Morgan fingerprint density at radius 1 is 1.33 bits per heavy atom. The lowest BCUT2D eigenvalue weighted by Crippen LogP contribution is -2.20. The predicted molar refractivity (Wildman–Crippen MR) is 84.1 cm³/mol. The van der Waals surface area contributed by atoms with Crippen LogP contribution in [0.3, 0.4) is 0 Å². The highest BCUT2D eigenvalue weighted by molar-refractivity contribution is 6.30. The first-order chi connectivity index (χ1) is 9.97. The van der Waals surface area contributed by atoms with Gasteiger partial charge in [-0.3, -0.25) is 5.10 Å². The summed E-state index contributed by atoms with van der Waals surface area (Å²) in [7, 11) is 2.00. The summed E-state index contributed by atoms with van der Waals surface area (Å²) < 4.78 is 13.7. The molecule has 2 aromatic rings. The molecule has 0 aliphatic rings. The van der Waals surface area contributed by atoms with E-state index in [9.17, 15) is 4.39 Å². The van der Waals surface area contributed by atoms with E-state index in [1.165, 1.54) is 11.6 Å². The van der Waals surface area contributed by atoms with Crippen molar-refractivity contribution in [2.24, 2.45) is 0 Å².